The predicted molar refractivity (Wildman–Crippen MR) is 98.1 cm³/mol. The maximum atomic E-state index is 12.7. The molecule has 7 heteroatoms. The highest BCUT2D eigenvalue weighted by molar-refractivity contribution is 5.77. The molecule has 1 saturated heterocycles. The number of nitrogens with zero attached hydrogens (tertiary/aromatic N) is 3. The van der Waals surface area contributed by atoms with Gasteiger partial charge in [0.15, 0.2) is 0 Å². The van der Waals surface area contributed by atoms with Gasteiger partial charge < -0.3 is 14.5 Å². The second-order valence-electron chi connectivity index (χ2n) is 6.62. The predicted octanol–water partition coefficient (Wildman–Crippen LogP) is 1.35. The number of fused-ring (bicyclic) bond motifs is 1. The zero-order valence-corrected chi connectivity index (χ0v) is 14.3. The van der Waals surface area contributed by atoms with Crippen LogP contribution in [0.3, 0.4) is 0 Å². The van der Waals surface area contributed by atoms with Crippen LogP contribution in [0.1, 0.15) is 18.9 Å². The summed E-state index contributed by atoms with van der Waals surface area (Å²) in [5.74, 6) is 0.0550. The number of para-hydroxylation sites is 1. The van der Waals surface area contributed by atoms with Gasteiger partial charge >= 0.3 is 5.69 Å². The number of piperidine rings is 1. The van der Waals surface area contributed by atoms with Crippen molar-refractivity contribution in [2.24, 2.45) is 0 Å². The number of H-pyrrole nitrogens is 1. The van der Waals surface area contributed by atoms with Crippen molar-refractivity contribution in [3.8, 4) is 0 Å². The lowest BCUT2D eigenvalue weighted by molar-refractivity contribution is -0.133. The van der Waals surface area contributed by atoms with Crippen LogP contribution in [0.5, 0.6) is 0 Å². The van der Waals surface area contributed by atoms with Gasteiger partial charge in [-0.15, -0.1) is 0 Å². The van der Waals surface area contributed by atoms with Gasteiger partial charge in [-0.2, -0.15) is 0 Å². The summed E-state index contributed by atoms with van der Waals surface area (Å²) in [4.78, 5) is 42.1. The molecule has 1 N–H and O–H groups in total. The summed E-state index contributed by atoms with van der Waals surface area (Å²) < 4.78 is 3.16. The lowest BCUT2D eigenvalue weighted by atomic mass is 10.0. The number of aromatic amines is 1. The van der Waals surface area contributed by atoms with Gasteiger partial charge in [0.1, 0.15) is 6.54 Å². The first-order chi connectivity index (χ1) is 12.6. The van der Waals surface area contributed by atoms with Crippen LogP contribution in [0.2, 0.25) is 0 Å². The fourth-order valence-corrected chi connectivity index (χ4v) is 3.61. The van der Waals surface area contributed by atoms with Crippen molar-refractivity contribution in [1.82, 2.24) is 19.0 Å². The van der Waals surface area contributed by atoms with Crippen molar-refractivity contribution in [3.63, 3.8) is 0 Å². The lowest BCUT2D eigenvalue weighted by Gasteiger charge is -2.32. The Hall–Kier alpha value is -3.09. The molecule has 26 heavy (non-hydrogen) atoms. The van der Waals surface area contributed by atoms with Gasteiger partial charge in [-0.25, -0.2) is 4.79 Å². The summed E-state index contributed by atoms with van der Waals surface area (Å²) in [6.45, 7) is 1.40. The molecule has 0 radical (unpaired) electrons. The van der Waals surface area contributed by atoms with Gasteiger partial charge in [0, 0.05) is 31.5 Å². The van der Waals surface area contributed by atoms with E-state index in [9.17, 15) is 14.4 Å². The molecule has 1 fully saturated rings. The SMILES string of the molecule is O=C(Cn1cccc1)N1CCC(n2c(=O)[nH]c3ccccc3c2=O)CC1. The fraction of sp³-hybridized carbons (Fsp3) is 0.316. The number of hydrogen-bond donors (Lipinski definition) is 1. The first-order valence-electron chi connectivity index (χ1n) is 8.75. The molecule has 2 aromatic heterocycles. The number of carbonyl (C=O) groups is 1. The molecule has 3 aromatic rings. The molecule has 1 aliphatic rings. The number of carbonyl (C=O) groups excluding carboxylic acids is 1. The Bertz CT molecular complexity index is 1040. The molecule has 134 valence electrons. The maximum Gasteiger partial charge on any atom is 0.329 e. The highest BCUT2D eigenvalue weighted by Gasteiger charge is 2.26. The van der Waals surface area contributed by atoms with E-state index in [-0.39, 0.29) is 23.2 Å². The van der Waals surface area contributed by atoms with E-state index in [1.807, 2.05) is 29.1 Å². The van der Waals surface area contributed by atoms with Crippen LogP contribution in [-0.4, -0.2) is 38.0 Å². The second-order valence-corrected chi connectivity index (χ2v) is 6.62. The first kappa shape index (κ1) is 16.4. The van der Waals surface area contributed by atoms with Gasteiger partial charge in [-0.3, -0.25) is 14.2 Å². The summed E-state index contributed by atoms with van der Waals surface area (Å²) in [6, 6.07) is 10.6. The Morgan fingerprint density at radius 1 is 1.04 bits per heavy atom. The second kappa shape index (κ2) is 6.67. The van der Waals surface area contributed by atoms with E-state index in [2.05, 4.69) is 4.98 Å². The normalized spacial score (nSPS) is 15.5. The summed E-state index contributed by atoms with van der Waals surface area (Å²) >= 11 is 0. The van der Waals surface area contributed by atoms with E-state index in [4.69, 9.17) is 0 Å². The highest BCUT2D eigenvalue weighted by atomic mass is 16.2. The van der Waals surface area contributed by atoms with Crippen LogP contribution in [0.4, 0.5) is 0 Å². The monoisotopic (exact) mass is 352 g/mol. The largest absolute Gasteiger partial charge is 0.345 e. The highest BCUT2D eigenvalue weighted by Crippen LogP contribution is 2.20. The van der Waals surface area contributed by atoms with Crippen LogP contribution in [-0.2, 0) is 11.3 Å². The molecule has 0 bridgehead atoms. The van der Waals surface area contributed by atoms with E-state index in [0.717, 1.165) is 0 Å². The average molecular weight is 352 g/mol. The molecule has 0 spiro atoms. The third-order valence-electron chi connectivity index (χ3n) is 5.00. The molecule has 0 aliphatic carbocycles. The van der Waals surface area contributed by atoms with Gasteiger partial charge in [-0.05, 0) is 37.1 Å². The van der Waals surface area contributed by atoms with Crippen molar-refractivity contribution in [1.29, 1.82) is 0 Å². The van der Waals surface area contributed by atoms with Gasteiger partial charge in [0.2, 0.25) is 5.91 Å². The smallest absolute Gasteiger partial charge is 0.329 e. The maximum absolute atomic E-state index is 12.7. The Balaban J connectivity index is 1.52. The van der Waals surface area contributed by atoms with Crippen molar-refractivity contribution in [3.05, 3.63) is 69.6 Å². The van der Waals surface area contributed by atoms with E-state index in [0.29, 0.717) is 43.4 Å². The molecule has 7 nitrogen and oxygen atoms in total. The van der Waals surface area contributed by atoms with E-state index in [1.165, 1.54) is 4.57 Å². The number of hydrogen-bond acceptors (Lipinski definition) is 3. The van der Waals surface area contributed by atoms with Crippen LogP contribution < -0.4 is 11.2 Å². The van der Waals surface area contributed by atoms with Crippen molar-refractivity contribution in [2.45, 2.75) is 25.4 Å². The van der Waals surface area contributed by atoms with E-state index in [1.54, 1.807) is 29.2 Å². The number of rotatable bonds is 3. The quantitative estimate of drug-likeness (QED) is 0.773. The molecule has 0 saturated carbocycles. The number of nitrogens with one attached hydrogen (secondary N) is 1. The van der Waals surface area contributed by atoms with E-state index < -0.39 is 0 Å². The Morgan fingerprint density at radius 2 is 1.73 bits per heavy atom. The molecule has 1 aliphatic heterocycles. The van der Waals surface area contributed by atoms with Crippen molar-refractivity contribution >= 4 is 16.8 Å². The minimum Gasteiger partial charge on any atom is -0.345 e. The lowest BCUT2D eigenvalue weighted by Crippen LogP contribution is -2.45. The fourth-order valence-electron chi connectivity index (χ4n) is 3.61. The van der Waals surface area contributed by atoms with Crippen LogP contribution in [0.25, 0.3) is 10.9 Å². The number of aromatic nitrogens is 3. The standard InChI is InChI=1S/C19H20N4O3/c24-17(13-21-9-3-4-10-21)22-11-7-14(8-12-22)23-18(25)15-5-1-2-6-16(15)20-19(23)26/h1-6,9-10,14H,7-8,11-13H2,(H,20,26). The number of amides is 1. The molecular weight excluding hydrogens is 332 g/mol. The molecule has 1 amide bonds. The zero-order chi connectivity index (χ0) is 18.1. The van der Waals surface area contributed by atoms with E-state index >= 15 is 0 Å². The Morgan fingerprint density at radius 3 is 2.46 bits per heavy atom. The van der Waals surface area contributed by atoms with Crippen molar-refractivity contribution < 1.29 is 4.79 Å². The minimum absolute atomic E-state index is 0.0550. The molecule has 0 atom stereocenters. The molecule has 3 heterocycles. The third kappa shape index (κ3) is 2.96. The molecule has 4 rings (SSSR count). The van der Waals surface area contributed by atoms with Gasteiger partial charge in [-0.1, -0.05) is 12.1 Å². The Kier molecular flexibility index (Phi) is 4.20. The van der Waals surface area contributed by atoms with Crippen LogP contribution in [0, 0.1) is 0 Å². The van der Waals surface area contributed by atoms with Crippen molar-refractivity contribution in [2.75, 3.05) is 13.1 Å². The zero-order valence-electron chi connectivity index (χ0n) is 14.3. The Labute approximate surface area is 149 Å². The van der Waals surface area contributed by atoms with Crippen LogP contribution in [0.15, 0.2) is 58.4 Å². The molecule has 0 unspecified atom stereocenters. The summed E-state index contributed by atoms with van der Waals surface area (Å²) in [7, 11) is 0. The van der Waals surface area contributed by atoms with Gasteiger partial charge in [0.05, 0.1) is 10.9 Å². The number of benzene rings is 1. The first-order valence-corrected chi connectivity index (χ1v) is 8.75. The third-order valence-corrected chi connectivity index (χ3v) is 5.00. The average Bonchev–Trinajstić information content (AvgIpc) is 3.15. The number of likely N-dealkylation sites (tertiary alicyclic amines) is 1. The summed E-state index contributed by atoms with van der Waals surface area (Å²) in [6.07, 6.45) is 4.91. The topological polar surface area (TPSA) is 80.1 Å². The molecule has 1 aromatic carbocycles. The van der Waals surface area contributed by atoms with Gasteiger partial charge in [0.25, 0.3) is 5.56 Å². The summed E-state index contributed by atoms with van der Waals surface area (Å²) in [5, 5.41) is 0.512. The minimum atomic E-state index is -0.384. The summed E-state index contributed by atoms with van der Waals surface area (Å²) in [5.41, 5.74) is -0.0922. The van der Waals surface area contributed by atoms with Crippen LogP contribution >= 0.6 is 0 Å². The molecular formula is C19H20N4O3.